The molecule has 0 unspecified atom stereocenters. The first-order valence-corrected chi connectivity index (χ1v) is 9.55. The quantitative estimate of drug-likeness (QED) is 0.523. The van der Waals surface area contributed by atoms with Gasteiger partial charge in [0.2, 0.25) is 0 Å². The molecule has 2 heterocycles. The SMILES string of the molecule is CN1C(=O)c2ccc(NC(=O)c3occc3CSc3ccccc3)cc2C1=O. The molecule has 0 aliphatic carbocycles. The summed E-state index contributed by atoms with van der Waals surface area (Å²) in [6.07, 6.45) is 1.48. The maximum Gasteiger partial charge on any atom is 0.291 e. The monoisotopic (exact) mass is 392 g/mol. The summed E-state index contributed by atoms with van der Waals surface area (Å²) in [4.78, 5) is 38.9. The molecular weight excluding hydrogens is 376 g/mol. The number of carbonyl (C=O) groups is 3. The Morgan fingerprint density at radius 2 is 1.79 bits per heavy atom. The van der Waals surface area contributed by atoms with E-state index in [4.69, 9.17) is 4.42 Å². The first-order valence-electron chi connectivity index (χ1n) is 8.56. The molecule has 3 aromatic rings. The van der Waals surface area contributed by atoms with Crippen molar-refractivity contribution in [1.29, 1.82) is 0 Å². The van der Waals surface area contributed by atoms with Crippen LogP contribution in [0.2, 0.25) is 0 Å². The first-order chi connectivity index (χ1) is 13.5. The van der Waals surface area contributed by atoms with Gasteiger partial charge in [0.1, 0.15) is 0 Å². The van der Waals surface area contributed by atoms with Gasteiger partial charge in [-0.1, -0.05) is 18.2 Å². The molecule has 4 rings (SSSR count). The van der Waals surface area contributed by atoms with Crippen LogP contribution in [0.15, 0.2) is 70.2 Å². The van der Waals surface area contributed by atoms with E-state index in [0.717, 1.165) is 15.4 Å². The van der Waals surface area contributed by atoms with Crippen LogP contribution in [-0.2, 0) is 5.75 Å². The molecule has 1 aromatic heterocycles. The van der Waals surface area contributed by atoms with Gasteiger partial charge in [0.25, 0.3) is 17.7 Å². The molecule has 7 heteroatoms. The van der Waals surface area contributed by atoms with E-state index in [1.807, 2.05) is 30.3 Å². The highest BCUT2D eigenvalue weighted by atomic mass is 32.2. The van der Waals surface area contributed by atoms with Crippen LogP contribution in [-0.4, -0.2) is 29.7 Å². The zero-order valence-electron chi connectivity index (χ0n) is 15.0. The molecule has 1 aliphatic rings. The molecule has 140 valence electrons. The van der Waals surface area contributed by atoms with Crippen molar-refractivity contribution in [3.05, 3.63) is 83.3 Å². The highest BCUT2D eigenvalue weighted by molar-refractivity contribution is 7.98. The maximum atomic E-state index is 12.6. The third kappa shape index (κ3) is 3.32. The number of benzene rings is 2. The second kappa shape index (κ2) is 7.36. The van der Waals surface area contributed by atoms with E-state index in [0.29, 0.717) is 17.0 Å². The van der Waals surface area contributed by atoms with Crippen molar-refractivity contribution in [2.24, 2.45) is 0 Å². The third-order valence-electron chi connectivity index (χ3n) is 4.44. The molecule has 3 amide bonds. The van der Waals surface area contributed by atoms with Crippen LogP contribution < -0.4 is 5.32 Å². The number of carbonyl (C=O) groups excluding carboxylic acids is 3. The van der Waals surface area contributed by atoms with E-state index in [1.165, 1.54) is 19.4 Å². The number of nitrogens with one attached hydrogen (secondary N) is 1. The van der Waals surface area contributed by atoms with E-state index >= 15 is 0 Å². The Balaban J connectivity index is 1.49. The van der Waals surface area contributed by atoms with E-state index in [2.05, 4.69) is 5.32 Å². The first kappa shape index (κ1) is 18.1. The molecule has 0 spiro atoms. The third-order valence-corrected chi connectivity index (χ3v) is 5.50. The molecule has 28 heavy (non-hydrogen) atoms. The smallest absolute Gasteiger partial charge is 0.291 e. The second-order valence-electron chi connectivity index (χ2n) is 6.26. The highest BCUT2D eigenvalue weighted by Crippen LogP contribution is 2.27. The standard InChI is InChI=1S/C21H16N2O4S/c1-23-20(25)16-8-7-14(11-17(16)21(23)26)22-19(24)18-13(9-10-27-18)12-28-15-5-3-2-4-6-15/h2-11H,12H2,1H3,(H,22,24). The van der Waals surface area contributed by atoms with Gasteiger partial charge in [-0.25, -0.2) is 0 Å². The number of hydrogen-bond acceptors (Lipinski definition) is 5. The average Bonchev–Trinajstić information content (AvgIpc) is 3.27. The maximum absolute atomic E-state index is 12.6. The fourth-order valence-corrected chi connectivity index (χ4v) is 3.85. The normalized spacial score (nSPS) is 13.0. The van der Waals surface area contributed by atoms with Crippen LogP contribution >= 0.6 is 11.8 Å². The van der Waals surface area contributed by atoms with Crippen molar-refractivity contribution in [2.75, 3.05) is 12.4 Å². The second-order valence-corrected chi connectivity index (χ2v) is 7.31. The van der Waals surface area contributed by atoms with Crippen LogP contribution in [0.25, 0.3) is 0 Å². The number of anilines is 1. The lowest BCUT2D eigenvalue weighted by atomic mass is 10.1. The lowest BCUT2D eigenvalue weighted by molar-refractivity contribution is 0.0692. The molecule has 0 atom stereocenters. The number of fused-ring (bicyclic) bond motifs is 1. The van der Waals surface area contributed by atoms with Gasteiger partial charge in [-0.2, -0.15) is 0 Å². The number of rotatable bonds is 5. The van der Waals surface area contributed by atoms with E-state index in [1.54, 1.807) is 30.0 Å². The van der Waals surface area contributed by atoms with Gasteiger partial charge in [-0.05, 0) is 36.4 Å². The lowest BCUT2D eigenvalue weighted by Gasteiger charge is -2.06. The van der Waals surface area contributed by atoms with Gasteiger partial charge in [0, 0.05) is 28.9 Å². The summed E-state index contributed by atoms with van der Waals surface area (Å²) in [7, 11) is 1.43. The summed E-state index contributed by atoms with van der Waals surface area (Å²) in [6, 6.07) is 16.3. The Morgan fingerprint density at radius 1 is 1.04 bits per heavy atom. The molecule has 0 fully saturated rings. The molecule has 0 saturated heterocycles. The van der Waals surface area contributed by atoms with Gasteiger partial charge in [0.15, 0.2) is 5.76 Å². The Morgan fingerprint density at radius 3 is 2.57 bits per heavy atom. The summed E-state index contributed by atoms with van der Waals surface area (Å²) in [6.45, 7) is 0. The summed E-state index contributed by atoms with van der Waals surface area (Å²) in [5, 5.41) is 2.74. The number of furan rings is 1. The van der Waals surface area contributed by atoms with Crippen LogP contribution in [0.3, 0.4) is 0 Å². The Bertz CT molecular complexity index is 1080. The predicted octanol–water partition coefficient (Wildman–Crippen LogP) is 4.05. The van der Waals surface area contributed by atoms with Crippen molar-refractivity contribution >= 4 is 35.2 Å². The van der Waals surface area contributed by atoms with Crippen LogP contribution in [0.5, 0.6) is 0 Å². The minimum absolute atomic E-state index is 0.225. The van der Waals surface area contributed by atoms with Crippen molar-refractivity contribution in [3.63, 3.8) is 0 Å². The summed E-state index contributed by atoms with van der Waals surface area (Å²) < 4.78 is 5.38. The summed E-state index contributed by atoms with van der Waals surface area (Å²) in [5.74, 6) is -0.314. The molecule has 0 saturated carbocycles. The van der Waals surface area contributed by atoms with Crippen LogP contribution in [0.1, 0.15) is 36.8 Å². The van der Waals surface area contributed by atoms with Crippen molar-refractivity contribution < 1.29 is 18.8 Å². The molecule has 6 nitrogen and oxygen atoms in total. The van der Waals surface area contributed by atoms with Gasteiger partial charge in [-0.3, -0.25) is 19.3 Å². The van der Waals surface area contributed by atoms with Crippen molar-refractivity contribution in [3.8, 4) is 0 Å². The Labute approximate surface area is 165 Å². The summed E-state index contributed by atoms with van der Waals surface area (Å²) >= 11 is 1.61. The molecule has 1 aliphatic heterocycles. The van der Waals surface area contributed by atoms with Crippen molar-refractivity contribution in [1.82, 2.24) is 4.90 Å². The Hall–Kier alpha value is -3.32. The fraction of sp³-hybridized carbons (Fsp3) is 0.0952. The van der Waals surface area contributed by atoms with Gasteiger partial charge in [0.05, 0.1) is 17.4 Å². The average molecular weight is 392 g/mol. The molecule has 1 N–H and O–H groups in total. The predicted molar refractivity (Wildman–Crippen MR) is 106 cm³/mol. The van der Waals surface area contributed by atoms with Crippen LogP contribution in [0.4, 0.5) is 5.69 Å². The van der Waals surface area contributed by atoms with Gasteiger partial charge < -0.3 is 9.73 Å². The van der Waals surface area contributed by atoms with E-state index < -0.39 is 5.91 Å². The molecule has 2 aromatic carbocycles. The number of imide groups is 1. The zero-order chi connectivity index (χ0) is 19.7. The van der Waals surface area contributed by atoms with Gasteiger partial charge in [-0.15, -0.1) is 11.8 Å². The Kier molecular flexibility index (Phi) is 4.75. The zero-order valence-corrected chi connectivity index (χ0v) is 15.8. The molecular formula is C21H16N2O4S. The number of hydrogen-bond donors (Lipinski definition) is 1. The minimum atomic E-state index is -0.404. The van der Waals surface area contributed by atoms with E-state index in [9.17, 15) is 14.4 Å². The molecule has 0 bridgehead atoms. The van der Waals surface area contributed by atoms with E-state index in [-0.39, 0.29) is 23.1 Å². The lowest BCUT2D eigenvalue weighted by Crippen LogP contribution is -2.24. The minimum Gasteiger partial charge on any atom is -0.459 e. The topological polar surface area (TPSA) is 79.6 Å². The number of thioether (sulfide) groups is 1. The molecule has 0 radical (unpaired) electrons. The van der Waals surface area contributed by atoms with Crippen molar-refractivity contribution in [2.45, 2.75) is 10.6 Å². The highest BCUT2D eigenvalue weighted by Gasteiger charge is 2.32. The fourth-order valence-electron chi connectivity index (χ4n) is 2.95. The largest absolute Gasteiger partial charge is 0.459 e. The van der Waals surface area contributed by atoms with Crippen LogP contribution in [0, 0.1) is 0 Å². The van der Waals surface area contributed by atoms with Gasteiger partial charge >= 0.3 is 0 Å². The summed E-state index contributed by atoms with van der Waals surface area (Å²) in [5.41, 5.74) is 1.82. The number of nitrogens with zero attached hydrogens (tertiary/aromatic N) is 1. The number of amides is 3.